The van der Waals surface area contributed by atoms with E-state index in [0.717, 1.165) is 4.90 Å². The maximum atomic E-state index is 4.18. The molecule has 0 heterocycles. The molecule has 10 heavy (non-hydrogen) atoms. The monoisotopic (exact) mass is 150 g/mol. The summed E-state index contributed by atoms with van der Waals surface area (Å²) < 4.78 is 0. The van der Waals surface area contributed by atoms with Gasteiger partial charge in [0.15, 0.2) is 0 Å². The molecule has 0 amide bonds. The van der Waals surface area contributed by atoms with Gasteiger partial charge in [0.2, 0.25) is 0 Å². The van der Waals surface area contributed by atoms with E-state index < -0.39 is 0 Å². The SMILES string of the molecule is C/C=C\c1ccc(S)cc1. The Labute approximate surface area is 67.0 Å². The lowest BCUT2D eigenvalue weighted by molar-refractivity contribution is 1.46. The van der Waals surface area contributed by atoms with Crippen molar-refractivity contribution in [3.05, 3.63) is 35.9 Å². The maximum absolute atomic E-state index is 4.18. The van der Waals surface area contributed by atoms with Gasteiger partial charge in [-0.15, -0.1) is 12.6 Å². The molecule has 52 valence electrons. The molecule has 0 nitrogen and oxygen atoms in total. The Morgan fingerprint density at radius 3 is 2.30 bits per heavy atom. The van der Waals surface area contributed by atoms with Crippen molar-refractivity contribution < 1.29 is 0 Å². The highest BCUT2D eigenvalue weighted by Crippen LogP contribution is 2.08. The zero-order chi connectivity index (χ0) is 7.40. The predicted molar refractivity (Wildman–Crippen MR) is 48.4 cm³/mol. The maximum Gasteiger partial charge on any atom is 0.00403 e. The summed E-state index contributed by atoms with van der Waals surface area (Å²) in [6.07, 6.45) is 4.08. The summed E-state index contributed by atoms with van der Waals surface area (Å²) in [6.45, 7) is 2.01. The summed E-state index contributed by atoms with van der Waals surface area (Å²) in [5.41, 5.74) is 1.22. The van der Waals surface area contributed by atoms with Crippen LogP contribution in [0.25, 0.3) is 6.08 Å². The normalized spacial score (nSPS) is 10.6. The molecule has 0 unspecified atom stereocenters. The minimum absolute atomic E-state index is 1.01. The number of hydrogen-bond donors (Lipinski definition) is 1. The summed E-state index contributed by atoms with van der Waals surface area (Å²) >= 11 is 4.18. The van der Waals surface area contributed by atoms with Crippen LogP contribution in [0.5, 0.6) is 0 Å². The second-order valence-corrected chi connectivity index (χ2v) is 2.61. The third-order valence-corrected chi connectivity index (χ3v) is 1.55. The van der Waals surface area contributed by atoms with Crippen LogP contribution in [0.4, 0.5) is 0 Å². The molecule has 0 spiro atoms. The number of hydrogen-bond acceptors (Lipinski definition) is 1. The largest absolute Gasteiger partial charge is 0.143 e. The van der Waals surface area contributed by atoms with Gasteiger partial charge in [-0.1, -0.05) is 24.3 Å². The first kappa shape index (κ1) is 7.42. The van der Waals surface area contributed by atoms with E-state index >= 15 is 0 Å². The smallest absolute Gasteiger partial charge is 0.00403 e. The van der Waals surface area contributed by atoms with E-state index in [1.807, 2.05) is 37.3 Å². The number of thiol groups is 1. The number of rotatable bonds is 1. The van der Waals surface area contributed by atoms with Crippen molar-refractivity contribution >= 4 is 18.7 Å². The van der Waals surface area contributed by atoms with Crippen molar-refractivity contribution in [3.8, 4) is 0 Å². The van der Waals surface area contributed by atoms with Crippen LogP contribution in [-0.2, 0) is 0 Å². The third-order valence-electron chi connectivity index (χ3n) is 1.25. The van der Waals surface area contributed by atoms with Gasteiger partial charge in [-0.25, -0.2) is 0 Å². The Morgan fingerprint density at radius 1 is 1.20 bits per heavy atom. The van der Waals surface area contributed by atoms with E-state index in [2.05, 4.69) is 18.7 Å². The lowest BCUT2D eigenvalue weighted by atomic mass is 10.2. The molecular weight excluding hydrogens is 140 g/mol. The first-order valence-electron chi connectivity index (χ1n) is 3.24. The second-order valence-electron chi connectivity index (χ2n) is 2.09. The molecule has 0 radical (unpaired) electrons. The fourth-order valence-electron chi connectivity index (χ4n) is 0.778. The molecule has 1 heteroatoms. The van der Waals surface area contributed by atoms with Crippen LogP contribution >= 0.6 is 12.6 Å². The van der Waals surface area contributed by atoms with Gasteiger partial charge in [-0.2, -0.15) is 0 Å². The summed E-state index contributed by atoms with van der Waals surface area (Å²) in [4.78, 5) is 1.01. The lowest BCUT2D eigenvalue weighted by Gasteiger charge is -1.91. The zero-order valence-electron chi connectivity index (χ0n) is 5.91. The van der Waals surface area contributed by atoms with E-state index in [9.17, 15) is 0 Å². The Morgan fingerprint density at radius 2 is 1.80 bits per heavy atom. The highest BCUT2D eigenvalue weighted by molar-refractivity contribution is 7.80. The highest BCUT2D eigenvalue weighted by Gasteiger charge is 1.83. The third kappa shape index (κ3) is 1.92. The van der Waals surface area contributed by atoms with Gasteiger partial charge in [0.25, 0.3) is 0 Å². The van der Waals surface area contributed by atoms with Gasteiger partial charge in [0.05, 0.1) is 0 Å². The number of allylic oxidation sites excluding steroid dienone is 1. The molecule has 0 aromatic heterocycles. The van der Waals surface area contributed by atoms with E-state index in [-0.39, 0.29) is 0 Å². The van der Waals surface area contributed by atoms with Crippen molar-refractivity contribution in [1.29, 1.82) is 0 Å². The van der Waals surface area contributed by atoms with Crippen LogP contribution in [0, 0.1) is 0 Å². The Kier molecular flexibility index (Phi) is 2.57. The van der Waals surface area contributed by atoms with Crippen LogP contribution in [0.15, 0.2) is 35.2 Å². The second kappa shape index (κ2) is 3.47. The van der Waals surface area contributed by atoms with E-state index in [0.29, 0.717) is 0 Å². The van der Waals surface area contributed by atoms with Crippen LogP contribution in [0.3, 0.4) is 0 Å². The molecule has 0 fully saturated rings. The molecule has 0 aliphatic carbocycles. The standard InChI is InChI=1S/C9H10S/c1-2-3-8-4-6-9(10)7-5-8/h2-7,10H,1H3/b3-2-. The van der Waals surface area contributed by atoms with Crippen LogP contribution in [0.1, 0.15) is 12.5 Å². The van der Waals surface area contributed by atoms with Crippen LogP contribution in [0.2, 0.25) is 0 Å². The molecule has 0 bridgehead atoms. The first-order valence-corrected chi connectivity index (χ1v) is 3.69. The summed E-state index contributed by atoms with van der Waals surface area (Å²) in [6, 6.07) is 8.06. The van der Waals surface area contributed by atoms with Crippen molar-refractivity contribution in [2.45, 2.75) is 11.8 Å². The number of benzene rings is 1. The molecule has 1 rings (SSSR count). The Balaban J connectivity index is 2.89. The average molecular weight is 150 g/mol. The van der Waals surface area contributed by atoms with Crippen molar-refractivity contribution in [2.24, 2.45) is 0 Å². The minimum Gasteiger partial charge on any atom is -0.143 e. The Hall–Kier alpha value is -0.690. The molecule has 0 saturated heterocycles. The van der Waals surface area contributed by atoms with Gasteiger partial charge in [0, 0.05) is 4.90 Å². The van der Waals surface area contributed by atoms with Gasteiger partial charge in [0.1, 0.15) is 0 Å². The quantitative estimate of drug-likeness (QED) is 0.584. The topological polar surface area (TPSA) is 0 Å². The molecule has 0 aliphatic rings. The van der Waals surface area contributed by atoms with Crippen molar-refractivity contribution in [3.63, 3.8) is 0 Å². The summed E-state index contributed by atoms with van der Waals surface area (Å²) in [5.74, 6) is 0. The van der Waals surface area contributed by atoms with Gasteiger partial charge in [-0.05, 0) is 24.6 Å². The van der Waals surface area contributed by atoms with E-state index in [1.54, 1.807) is 0 Å². The van der Waals surface area contributed by atoms with E-state index in [1.165, 1.54) is 5.56 Å². The molecule has 0 aliphatic heterocycles. The minimum atomic E-state index is 1.01. The highest BCUT2D eigenvalue weighted by atomic mass is 32.1. The molecule has 1 aromatic carbocycles. The summed E-state index contributed by atoms with van der Waals surface area (Å²) in [5, 5.41) is 0. The van der Waals surface area contributed by atoms with Crippen molar-refractivity contribution in [2.75, 3.05) is 0 Å². The molecule has 0 N–H and O–H groups in total. The summed E-state index contributed by atoms with van der Waals surface area (Å²) in [7, 11) is 0. The fraction of sp³-hybridized carbons (Fsp3) is 0.111. The molecular formula is C9H10S. The first-order chi connectivity index (χ1) is 4.83. The lowest BCUT2D eigenvalue weighted by Crippen LogP contribution is -1.69. The molecule has 0 saturated carbocycles. The molecule has 1 aromatic rings. The molecule has 0 atom stereocenters. The zero-order valence-corrected chi connectivity index (χ0v) is 6.81. The van der Waals surface area contributed by atoms with Gasteiger partial charge >= 0.3 is 0 Å². The average Bonchev–Trinajstić information content (AvgIpc) is 1.95. The van der Waals surface area contributed by atoms with Crippen LogP contribution < -0.4 is 0 Å². The van der Waals surface area contributed by atoms with Crippen LogP contribution in [-0.4, -0.2) is 0 Å². The Bertz CT molecular complexity index is 221. The predicted octanol–water partition coefficient (Wildman–Crippen LogP) is 3.01. The van der Waals surface area contributed by atoms with E-state index in [4.69, 9.17) is 0 Å². The fourth-order valence-corrected chi connectivity index (χ4v) is 0.927. The van der Waals surface area contributed by atoms with Crippen molar-refractivity contribution in [1.82, 2.24) is 0 Å². The van der Waals surface area contributed by atoms with Gasteiger partial charge < -0.3 is 0 Å². The van der Waals surface area contributed by atoms with Gasteiger partial charge in [-0.3, -0.25) is 0 Å².